The summed E-state index contributed by atoms with van der Waals surface area (Å²) in [5, 5.41) is 2.86. The van der Waals surface area contributed by atoms with E-state index in [1.165, 1.54) is 12.1 Å². The van der Waals surface area contributed by atoms with Gasteiger partial charge in [-0.3, -0.25) is 0 Å². The highest BCUT2D eigenvalue weighted by atomic mass is 19.1. The predicted molar refractivity (Wildman–Crippen MR) is 108 cm³/mol. The van der Waals surface area contributed by atoms with Crippen molar-refractivity contribution >= 4 is 29.4 Å². The second kappa shape index (κ2) is 8.77. The fraction of sp³-hybridized carbons (Fsp3) is 0.500. The van der Waals surface area contributed by atoms with Gasteiger partial charge in [0.15, 0.2) is 5.96 Å². The number of ether oxygens (including phenoxy) is 1. The molecule has 0 aromatic heterocycles. The van der Waals surface area contributed by atoms with Crippen LogP contribution in [0.25, 0.3) is 0 Å². The van der Waals surface area contributed by atoms with E-state index in [9.17, 15) is 9.18 Å². The molecule has 0 radical (unpaired) electrons. The van der Waals surface area contributed by atoms with Gasteiger partial charge in [-0.05, 0) is 45.7 Å². The first-order chi connectivity index (χ1) is 13.0. The first-order valence-corrected chi connectivity index (χ1v) is 9.02. The lowest BCUT2D eigenvalue weighted by atomic mass is 10.0. The van der Waals surface area contributed by atoms with Crippen molar-refractivity contribution in [2.75, 3.05) is 18.0 Å². The van der Waals surface area contributed by atoms with Crippen molar-refractivity contribution in [3.05, 3.63) is 24.0 Å². The average Bonchev–Trinajstić information content (AvgIpc) is 2.53. The van der Waals surface area contributed by atoms with E-state index in [4.69, 9.17) is 21.9 Å². The summed E-state index contributed by atoms with van der Waals surface area (Å²) in [6, 6.07) is 4.49. The lowest BCUT2D eigenvalue weighted by Crippen LogP contribution is -2.46. The van der Waals surface area contributed by atoms with E-state index in [1.807, 2.05) is 25.7 Å². The number of nitrogens with zero attached hydrogens (tertiary/aromatic N) is 3. The Morgan fingerprint density at radius 2 is 1.89 bits per heavy atom. The average molecular weight is 393 g/mol. The standard InChI is InChI=1S/C18H28FN7O2/c1-18(2,3)28-17(27)23-11-7-9-26(10-8-11)14-12(19)5-4-6-13(14)24-16(22)25-15(20)21/h4-6,11H,7-10H2,1-3H3,(H,23,27)(H6,20,21,22,24,25). The second-order valence-electron chi connectivity index (χ2n) is 7.52. The molecule has 28 heavy (non-hydrogen) atoms. The zero-order valence-corrected chi connectivity index (χ0v) is 16.4. The minimum absolute atomic E-state index is 0.0449. The third kappa shape index (κ3) is 6.29. The number of carbonyl (C=O) groups is 1. The molecule has 1 heterocycles. The summed E-state index contributed by atoms with van der Waals surface area (Å²) in [6.07, 6.45) is 0.826. The zero-order valence-electron chi connectivity index (χ0n) is 16.4. The van der Waals surface area contributed by atoms with E-state index >= 15 is 0 Å². The van der Waals surface area contributed by atoms with Crippen LogP contribution in [0.2, 0.25) is 0 Å². The minimum Gasteiger partial charge on any atom is -0.444 e. The number of amides is 1. The first-order valence-electron chi connectivity index (χ1n) is 9.02. The van der Waals surface area contributed by atoms with E-state index in [1.54, 1.807) is 6.07 Å². The molecule has 0 saturated carbocycles. The molecule has 0 spiro atoms. The Balaban J connectivity index is 2.08. The number of piperidine rings is 1. The molecule has 1 amide bonds. The Morgan fingerprint density at radius 3 is 2.46 bits per heavy atom. The fourth-order valence-electron chi connectivity index (χ4n) is 2.91. The van der Waals surface area contributed by atoms with Crippen LogP contribution in [-0.4, -0.2) is 42.7 Å². The molecule has 1 aromatic rings. The maximum Gasteiger partial charge on any atom is 0.407 e. The highest BCUT2D eigenvalue weighted by Gasteiger charge is 2.26. The van der Waals surface area contributed by atoms with Crippen molar-refractivity contribution in [3.8, 4) is 0 Å². The molecule has 1 aliphatic rings. The quantitative estimate of drug-likeness (QED) is 0.453. The maximum atomic E-state index is 14.5. The molecule has 0 aliphatic carbocycles. The van der Waals surface area contributed by atoms with Crippen molar-refractivity contribution < 1.29 is 13.9 Å². The van der Waals surface area contributed by atoms with Crippen molar-refractivity contribution in [3.63, 3.8) is 0 Å². The van der Waals surface area contributed by atoms with Gasteiger partial charge in [-0.2, -0.15) is 4.99 Å². The number of anilines is 1. The molecule has 1 aliphatic heterocycles. The summed E-state index contributed by atoms with van der Waals surface area (Å²) in [5.74, 6) is -0.807. The molecule has 9 nitrogen and oxygen atoms in total. The smallest absolute Gasteiger partial charge is 0.407 e. The highest BCUT2D eigenvalue weighted by molar-refractivity contribution is 5.94. The monoisotopic (exact) mass is 393 g/mol. The second-order valence-corrected chi connectivity index (χ2v) is 7.52. The van der Waals surface area contributed by atoms with Gasteiger partial charge in [-0.15, -0.1) is 0 Å². The lowest BCUT2D eigenvalue weighted by molar-refractivity contribution is 0.0497. The Bertz CT molecular complexity index is 762. The van der Waals surface area contributed by atoms with Crippen molar-refractivity contribution in [2.24, 2.45) is 27.2 Å². The van der Waals surface area contributed by atoms with Gasteiger partial charge in [0.1, 0.15) is 11.4 Å². The summed E-state index contributed by atoms with van der Waals surface area (Å²) in [5.41, 5.74) is 16.4. The van der Waals surface area contributed by atoms with Crippen LogP contribution in [0.15, 0.2) is 28.2 Å². The van der Waals surface area contributed by atoms with Gasteiger partial charge in [0.05, 0.1) is 11.4 Å². The van der Waals surface area contributed by atoms with E-state index in [-0.39, 0.29) is 18.0 Å². The fourth-order valence-corrected chi connectivity index (χ4v) is 2.91. The number of rotatable bonds is 3. The van der Waals surface area contributed by atoms with Gasteiger partial charge >= 0.3 is 6.09 Å². The molecular weight excluding hydrogens is 365 g/mol. The van der Waals surface area contributed by atoms with Gasteiger partial charge in [-0.1, -0.05) is 6.07 Å². The molecule has 0 unspecified atom stereocenters. The summed E-state index contributed by atoms with van der Waals surface area (Å²) < 4.78 is 19.8. The van der Waals surface area contributed by atoms with E-state index in [2.05, 4.69) is 15.3 Å². The van der Waals surface area contributed by atoms with Crippen LogP contribution in [0, 0.1) is 5.82 Å². The topological polar surface area (TPSA) is 144 Å². The first kappa shape index (κ1) is 21.3. The number of para-hydroxylation sites is 1. The predicted octanol–water partition coefficient (Wildman–Crippen LogP) is 1.54. The number of nitrogens with two attached hydrogens (primary N) is 3. The Kier molecular flexibility index (Phi) is 6.66. The molecule has 1 fully saturated rings. The van der Waals surface area contributed by atoms with Gasteiger partial charge < -0.3 is 32.2 Å². The van der Waals surface area contributed by atoms with Crippen LogP contribution in [0.3, 0.4) is 0 Å². The molecule has 154 valence electrons. The van der Waals surface area contributed by atoms with Gasteiger partial charge in [-0.25, -0.2) is 14.2 Å². The number of carbonyl (C=O) groups excluding carboxylic acids is 1. The Morgan fingerprint density at radius 1 is 1.25 bits per heavy atom. The number of aliphatic imine (C=N–C) groups is 2. The normalized spacial score (nSPS) is 15.9. The van der Waals surface area contributed by atoms with Crippen molar-refractivity contribution in [1.82, 2.24) is 5.32 Å². The lowest BCUT2D eigenvalue weighted by Gasteiger charge is -2.35. The Hall–Kier alpha value is -3.04. The van der Waals surface area contributed by atoms with E-state index in [0.717, 1.165) is 0 Å². The number of alkyl carbamates (subject to hydrolysis) is 1. The summed E-state index contributed by atoms with van der Waals surface area (Å²) in [4.78, 5) is 21.6. The third-order valence-corrected chi connectivity index (χ3v) is 3.98. The molecule has 0 atom stereocenters. The number of benzene rings is 1. The van der Waals surface area contributed by atoms with Crippen LogP contribution in [0.1, 0.15) is 33.6 Å². The van der Waals surface area contributed by atoms with Crippen LogP contribution < -0.4 is 27.4 Å². The molecule has 0 bridgehead atoms. The number of nitrogens with one attached hydrogen (secondary N) is 1. The van der Waals surface area contributed by atoms with Crippen LogP contribution >= 0.6 is 0 Å². The van der Waals surface area contributed by atoms with Crippen LogP contribution in [-0.2, 0) is 4.74 Å². The third-order valence-electron chi connectivity index (χ3n) is 3.98. The van der Waals surface area contributed by atoms with E-state index in [0.29, 0.717) is 37.3 Å². The molecule has 7 N–H and O–H groups in total. The summed E-state index contributed by atoms with van der Waals surface area (Å²) in [6.45, 7) is 6.49. The molecule has 10 heteroatoms. The number of hydrogen-bond acceptors (Lipinski definition) is 4. The largest absolute Gasteiger partial charge is 0.444 e. The number of halogens is 1. The SMILES string of the molecule is CC(C)(C)OC(=O)NC1CCN(c2c(F)cccc2N=C(N)N=C(N)N)CC1. The minimum atomic E-state index is -0.555. The maximum absolute atomic E-state index is 14.5. The zero-order chi connectivity index (χ0) is 20.9. The van der Waals surface area contributed by atoms with Gasteiger partial charge in [0.2, 0.25) is 5.96 Å². The molecule has 2 rings (SSSR count). The van der Waals surface area contributed by atoms with Crippen LogP contribution in [0.4, 0.5) is 20.6 Å². The summed E-state index contributed by atoms with van der Waals surface area (Å²) >= 11 is 0. The Labute approximate surface area is 163 Å². The van der Waals surface area contributed by atoms with E-state index < -0.39 is 17.5 Å². The molecular formula is C18H28FN7O2. The van der Waals surface area contributed by atoms with Crippen molar-refractivity contribution in [2.45, 2.75) is 45.3 Å². The summed E-state index contributed by atoms with van der Waals surface area (Å²) in [7, 11) is 0. The van der Waals surface area contributed by atoms with Crippen LogP contribution in [0.5, 0.6) is 0 Å². The van der Waals surface area contributed by atoms with Gasteiger partial charge in [0, 0.05) is 19.1 Å². The number of hydrogen-bond donors (Lipinski definition) is 4. The number of guanidine groups is 2. The highest BCUT2D eigenvalue weighted by Crippen LogP contribution is 2.33. The molecule has 1 saturated heterocycles. The molecule has 1 aromatic carbocycles. The van der Waals surface area contributed by atoms with Crippen molar-refractivity contribution in [1.29, 1.82) is 0 Å². The van der Waals surface area contributed by atoms with Gasteiger partial charge in [0.25, 0.3) is 0 Å².